The van der Waals surface area contributed by atoms with Crippen molar-refractivity contribution in [2.75, 3.05) is 13.2 Å². The molecule has 3 nitrogen and oxygen atoms in total. The van der Waals surface area contributed by atoms with Crippen LogP contribution in [0.3, 0.4) is 0 Å². The lowest BCUT2D eigenvalue weighted by Crippen LogP contribution is -2.21. The third kappa shape index (κ3) is 1.97. The summed E-state index contributed by atoms with van der Waals surface area (Å²) in [5.74, 6) is 0.350. The maximum absolute atomic E-state index is 10.1. The van der Waals surface area contributed by atoms with Crippen molar-refractivity contribution in [3.63, 3.8) is 0 Å². The topological polar surface area (TPSA) is 42.4 Å². The average molecular weight is 213 g/mol. The Morgan fingerprint density at radius 2 is 2.29 bits per heavy atom. The van der Waals surface area contributed by atoms with Crippen LogP contribution in [0.15, 0.2) is 5.51 Å². The number of nitrogens with zero attached hydrogens (tertiary/aromatic N) is 1. The Morgan fingerprint density at radius 3 is 2.86 bits per heavy atom. The van der Waals surface area contributed by atoms with Gasteiger partial charge in [0.1, 0.15) is 0 Å². The summed E-state index contributed by atoms with van der Waals surface area (Å²) in [5.41, 5.74) is 2.77. The van der Waals surface area contributed by atoms with Crippen molar-refractivity contribution in [1.82, 2.24) is 4.98 Å². The molecule has 0 bridgehead atoms. The summed E-state index contributed by atoms with van der Waals surface area (Å²) >= 11 is 1.55. The summed E-state index contributed by atoms with van der Waals surface area (Å²) in [5, 5.41) is 10.1. The summed E-state index contributed by atoms with van der Waals surface area (Å²) in [6.45, 7) is 3.51. The molecule has 1 aliphatic rings. The number of hydrogen-bond acceptors (Lipinski definition) is 4. The Labute approximate surface area is 87.7 Å². The largest absolute Gasteiger partial charge is 0.387 e. The van der Waals surface area contributed by atoms with Crippen LogP contribution < -0.4 is 0 Å². The molecule has 4 heteroatoms. The first-order chi connectivity index (χ1) is 6.79. The fraction of sp³-hybridized carbons (Fsp3) is 0.700. The molecule has 0 aliphatic carbocycles. The molecule has 1 aromatic rings. The molecule has 78 valence electrons. The summed E-state index contributed by atoms with van der Waals surface area (Å²) in [7, 11) is 0. The van der Waals surface area contributed by atoms with E-state index in [1.807, 2.05) is 6.92 Å². The summed E-state index contributed by atoms with van der Waals surface area (Å²) in [6.07, 6.45) is 1.57. The molecule has 1 aromatic heterocycles. The molecule has 0 amide bonds. The summed E-state index contributed by atoms with van der Waals surface area (Å²) in [4.78, 5) is 5.18. The predicted molar refractivity (Wildman–Crippen MR) is 55.4 cm³/mol. The second-order valence-corrected chi connectivity index (χ2v) is 4.58. The second kappa shape index (κ2) is 4.38. The first kappa shape index (κ1) is 10.1. The van der Waals surface area contributed by atoms with Crippen LogP contribution in [0.2, 0.25) is 0 Å². The van der Waals surface area contributed by atoms with Gasteiger partial charge in [-0.25, -0.2) is 4.98 Å². The van der Waals surface area contributed by atoms with E-state index in [0.29, 0.717) is 5.92 Å². The van der Waals surface area contributed by atoms with Gasteiger partial charge in [-0.15, -0.1) is 11.3 Å². The van der Waals surface area contributed by atoms with Crippen LogP contribution in [0.25, 0.3) is 0 Å². The highest BCUT2D eigenvalue weighted by Crippen LogP contribution is 2.33. The lowest BCUT2D eigenvalue weighted by molar-refractivity contribution is 0.00824. The molecule has 0 aromatic carbocycles. The van der Waals surface area contributed by atoms with Gasteiger partial charge in [0.2, 0.25) is 0 Å². The van der Waals surface area contributed by atoms with Crippen molar-refractivity contribution in [1.29, 1.82) is 0 Å². The van der Waals surface area contributed by atoms with Gasteiger partial charge >= 0.3 is 0 Å². The van der Waals surface area contributed by atoms with E-state index >= 15 is 0 Å². The fourth-order valence-electron chi connectivity index (χ4n) is 1.84. The molecule has 0 saturated carbocycles. The lowest BCUT2D eigenvalue weighted by atomic mass is 9.92. The van der Waals surface area contributed by atoms with Gasteiger partial charge in [-0.3, -0.25) is 0 Å². The van der Waals surface area contributed by atoms with Gasteiger partial charge in [0.25, 0.3) is 0 Å². The third-order valence-electron chi connectivity index (χ3n) is 2.76. The average Bonchev–Trinajstić information content (AvgIpc) is 2.65. The van der Waals surface area contributed by atoms with Crippen LogP contribution in [0, 0.1) is 12.8 Å². The summed E-state index contributed by atoms with van der Waals surface area (Å²) < 4.78 is 5.27. The minimum atomic E-state index is -0.341. The molecule has 1 atom stereocenters. The van der Waals surface area contributed by atoms with Gasteiger partial charge in [-0.2, -0.15) is 0 Å². The molecule has 1 saturated heterocycles. The fourth-order valence-corrected chi connectivity index (χ4v) is 2.72. The number of ether oxygens (including phenoxy) is 1. The molecule has 1 aliphatic heterocycles. The zero-order valence-electron chi connectivity index (χ0n) is 8.27. The molecule has 2 rings (SSSR count). The van der Waals surface area contributed by atoms with E-state index < -0.39 is 0 Å². The maximum Gasteiger partial charge on any atom is 0.0930 e. The number of hydrogen-bond donors (Lipinski definition) is 1. The Morgan fingerprint density at radius 1 is 1.57 bits per heavy atom. The minimum absolute atomic E-state index is 0.341. The van der Waals surface area contributed by atoms with Crippen LogP contribution in [0.4, 0.5) is 0 Å². The molecular weight excluding hydrogens is 198 g/mol. The molecule has 1 unspecified atom stereocenters. The van der Waals surface area contributed by atoms with E-state index in [1.165, 1.54) is 0 Å². The zero-order valence-corrected chi connectivity index (χ0v) is 9.09. The number of thiazole rings is 1. The van der Waals surface area contributed by atoms with Gasteiger partial charge in [0.05, 0.1) is 22.2 Å². The van der Waals surface area contributed by atoms with Gasteiger partial charge in [-0.05, 0) is 25.7 Å². The molecule has 0 spiro atoms. The third-order valence-corrected chi connectivity index (χ3v) is 3.77. The highest BCUT2D eigenvalue weighted by atomic mass is 32.1. The SMILES string of the molecule is Cc1ncsc1C(O)C1CCOCC1. The van der Waals surface area contributed by atoms with Crippen LogP contribution in [0.1, 0.15) is 29.5 Å². The molecule has 1 fully saturated rings. The Bertz CT molecular complexity index is 294. The first-order valence-corrected chi connectivity index (χ1v) is 5.83. The van der Waals surface area contributed by atoms with Gasteiger partial charge in [0, 0.05) is 13.2 Å². The van der Waals surface area contributed by atoms with Crippen LogP contribution in [-0.4, -0.2) is 23.3 Å². The number of rotatable bonds is 2. The number of aliphatic hydroxyl groups excluding tert-OH is 1. The second-order valence-electron chi connectivity index (χ2n) is 3.70. The Kier molecular flexibility index (Phi) is 3.15. The van der Waals surface area contributed by atoms with Crippen molar-refractivity contribution in [3.05, 3.63) is 16.1 Å². The van der Waals surface area contributed by atoms with Crippen LogP contribution in [0.5, 0.6) is 0 Å². The Hall–Kier alpha value is -0.450. The zero-order chi connectivity index (χ0) is 9.97. The standard InChI is InChI=1S/C10H15NO2S/c1-7-10(14-6-11-7)9(12)8-2-4-13-5-3-8/h6,8-9,12H,2-5H2,1H3. The van der Waals surface area contributed by atoms with Crippen molar-refractivity contribution < 1.29 is 9.84 Å². The molecule has 0 radical (unpaired) electrons. The smallest absolute Gasteiger partial charge is 0.0930 e. The van der Waals surface area contributed by atoms with Crippen molar-refractivity contribution >= 4 is 11.3 Å². The highest BCUT2D eigenvalue weighted by molar-refractivity contribution is 7.09. The number of aromatic nitrogens is 1. The van der Waals surface area contributed by atoms with Crippen LogP contribution in [-0.2, 0) is 4.74 Å². The molecule has 2 heterocycles. The quantitative estimate of drug-likeness (QED) is 0.816. The van der Waals surface area contributed by atoms with E-state index in [2.05, 4.69) is 4.98 Å². The number of aryl methyl sites for hydroxylation is 1. The van der Waals surface area contributed by atoms with Crippen LogP contribution >= 0.6 is 11.3 Å². The van der Waals surface area contributed by atoms with Crippen molar-refractivity contribution in [2.24, 2.45) is 5.92 Å². The van der Waals surface area contributed by atoms with E-state index in [9.17, 15) is 5.11 Å². The number of aliphatic hydroxyl groups is 1. The van der Waals surface area contributed by atoms with Gasteiger partial charge in [-0.1, -0.05) is 0 Å². The molecule has 1 N–H and O–H groups in total. The highest BCUT2D eigenvalue weighted by Gasteiger charge is 2.25. The maximum atomic E-state index is 10.1. The van der Waals surface area contributed by atoms with E-state index in [-0.39, 0.29) is 6.10 Å². The van der Waals surface area contributed by atoms with Crippen molar-refractivity contribution in [3.8, 4) is 0 Å². The van der Waals surface area contributed by atoms with E-state index in [0.717, 1.165) is 36.6 Å². The van der Waals surface area contributed by atoms with E-state index in [1.54, 1.807) is 16.8 Å². The lowest BCUT2D eigenvalue weighted by Gasteiger charge is -2.26. The minimum Gasteiger partial charge on any atom is -0.387 e. The van der Waals surface area contributed by atoms with Crippen molar-refractivity contribution in [2.45, 2.75) is 25.9 Å². The van der Waals surface area contributed by atoms with Gasteiger partial charge < -0.3 is 9.84 Å². The van der Waals surface area contributed by atoms with E-state index in [4.69, 9.17) is 4.74 Å². The normalized spacial score (nSPS) is 21.0. The Balaban J connectivity index is 2.07. The monoisotopic (exact) mass is 213 g/mol. The molecule has 14 heavy (non-hydrogen) atoms. The molecular formula is C10H15NO2S. The first-order valence-electron chi connectivity index (χ1n) is 4.95. The predicted octanol–water partition coefficient (Wildman–Crippen LogP) is 1.91. The summed E-state index contributed by atoms with van der Waals surface area (Å²) in [6, 6.07) is 0. The van der Waals surface area contributed by atoms with Gasteiger partial charge in [0.15, 0.2) is 0 Å².